The Bertz CT molecular complexity index is 859. The Balaban J connectivity index is 1.52. The molecule has 7 nitrogen and oxygen atoms in total. The molecule has 0 radical (unpaired) electrons. The topological polar surface area (TPSA) is 73.8 Å². The van der Waals surface area contributed by atoms with E-state index in [-0.39, 0.29) is 25.1 Å². The minimum absolute atomic E-state index is 0.158. The fourth-order valence-corrected chi connectivity index (χ4v) is 3.13. The van der Waals surface area contributed by atoms with Gasteiger partial charge in [-0.3, -0.25) is 9.88 Å². The van der Waals surface area contributed by atoms with Gasteiger partial charge in [0.15, 0.2) is 0 Å². The maximum atomic E-state index is 14.7. The molecule has 140 valence electrons. The summed E-state index contributed by atoms with van der Waals surface area (Å²) in [6.45, 7) is 1.38. The predicted octanol–water partition coefficient (Wildman–Crippen LogP) is 2.82. The number of hydrogen-bond acceptors (Lipinski definition) is 6. The van der Waals surface area contributed by atoms with Crippen LogP contribution in [-0.2, 0) is 9.47 Å². The Morgan fingerprint density at radius 1 is 1.33 bits per heavy atom. The highest BCUT2D eigenvalue weighted by Gasteiger charge is 2.35. The van der Waals surface area contributed by atoms with Gasteiger partial charge in [0, 0.05) is 18.0 Å². The summed E-state index contributed by atoms with van der Waals surface area (Å²) in [6, 6.07) is 4.38. The molecule has 1 atom stereocenters. The second-order valence-electron chi connectivity index (χ2n) is 6.17. The van der Waals surface area contributed by atoms with Crippen molar-refractivity contribution in [3.05, 3.63) is 54.2 Å². The van der Waals surface area contributed by atoms with Crippen LogP contribution in [0.25, 0.3) is 5.57 Å². The van der Waals surface area contributed by atoms with Crippen LogP contribution in [0.4, 0.5) is 14.9 Å². The molecule has 1 aromatic carbocycles. The molecule has 0 unspecified atom stereocenters. The number of benzene rings is 1. The maximum Gasteiger partial charge on any atom is 0.414 e. The van der Waals surface area contributed by atoms with Gasteiger partial charge >= 0.3 is 6.09 Å². The molecule has 0 spiro atoms. The van der Waals surface area contributed by atoms with Crippen LogP contribution in [0.2, 0.25) is 0 Å². The first-order chi connectivity index (χ1) is 13.2. The number of anilines is 1. The monoisotopic (exact) mass is 371 g/mol. The molecule has 1 aromatic heterocycles. The third kappa shape index (κ3) is 3.75. The van der Waals surface area contributed by atoms with E-state index in [1.807, 2.05) is 6.08 Å². The number of aromatic nitrogens is 2. The summed E-state index contributed by atoms with van der Waals surface area (Å²) >= 11 is 0. The van der Waals surface area contributed by atoms with Gasteiger partial charge in [0.05, 0.1) is 25.1 Å². The number of amides is 1. The number of carbonyl (C=O) groups excluding carboxylic acids is 1. The van der Waals surface area contributed by atoms with E-state index >= 15 is 0 Å². The summed E-state index contributed by atoms with van der Waals surface area (Å²) < 4.78 is 30.7. The van der Waals surface area contributed by atoms with E-state index in [9.17, 15) is 9.18 Å². The lowest BCUT2D eigenvalue weighted by Crippen LogP contribution is -2.38. The van der Waals surface area contributed by atoms with Gasteiger partial charge in [-0.1, -0.05) is 6.08 Å². The number of cyclic esters (lactones) is 1. The minimum atomic E-state index is -0.528. The van der Waals surface area contributed by atoms with E-state index in [0.717, 1.165) is 5.57 Å². The lowest BCUT2D eigenvalue weighted by molar-refractivity contribution is 0.161. The highest BCUT2D eigenvalue weighted by atomic mass is 19.1. The van der Waals surface area contributed by atoms with E-state index in [1.165, 1.54) is 23.4 Å². The van der Waals surface area contributed by atoms with Crippen molar-refractivity contribution < 1.29 is 23.4 Å². The molecular formula is C19H18FN3O4. The smallest absolute Gasteiger partial charge is 0.414 e. The zero-order valence-electron chi connectivity index (χ0n) is 14.5. The molecule has 0 bridgehead atoms. The molecule has 2 aliphatic heterocycles. The zero-order valence-corrected chi connectivity index (χ0v) is 14.5. The predicted molar refractivity (Wildman–Crippen MR) is 95.0 cm³/mol. The summed E-state index contributed by atoms with van der Waals surface area (Å²) in [7, 11) is 0. The summed E-state index contributed by atoms with van der Waals surface area (Å²) in [5.41, 5.74) is 1.87. The number of rotatable bonds is 5. The first-order valence-corrected chi connectivity index (χ1v) is 8.64. The van der Waals surface area contributed by atoms with Gasteiger partial charge in [0.2, 0.25) is 5.88 Å². The highest BCUT2D eigenvalue weighted by Crippen LogP contribution is 2.30. The van der Waals surface area contributed by atoms with Crippen molar-refractivity contribution in [1.29, 1.82) is 0 Å². The molecule has 27 heavy (non-hydrogen) atoms. The number of nitrogens with zero attached hydrogens (tertiary/aromatic N) is 3. The van der Waals surface area contributed by atoms with Crippen molar-refractivity contribution in [2.45, 2.75) is 12.5 Å². The van der Waals surface area contributed by atoms with E-state index in [4.69, 9.17) is 14.2 Å². The fourth-order valence-electron chi connectivity index (χ4n) is 3.13. The van der Waals surface area contributed by atoms with Crippen LogP contribution in [0, 0.1) is 5.82 Å². The molecule has 1 amide bonds. The summed E-state index contributed by atoms with van der Waals surface area (Å²) in [4.78, 5) is 21.5. The van der Waals surface area contributed by atoms with Crippen LogP contribution in [0.15, 0.2) is 42.9 Å². The van der Waals surface area contributed by atoms with Gasteiger partial charge in [0.25, 0.3) is 0 Å². The molecular weight excluding hydrogens is 353 g/mol. The lowest BCUT2D eigenvalue weighted by Gasteiger charge is -2.22. The van der Waals surface area contributed by atoms with Crippen molar-refractivity contribution in [3.8, 4) is 5.88 Å². The minimum Gasteiger partial charge on any atom is -0.474 e. The fraction of sp³-hybridized carbons (Fsp3) is 0.316. The molecule has 0 N–H and O–H groups in total. The lowest BCUT2D eigenvalue weighted by atomic mass is 10.0. The first kappa shape index (κ1) is 17.4. The van der Waals surface area contributed by atoms with Crippen LogP contribution >= 0.6 is 0 Å². The Morgan fingerprint density at radius 3 is 3.00 bits per heavy atom. The third-order valence-corrected chi connectivity index (χ3v) is 4.46. The standard InChI is InChI=1S/C19H18FN3O4/c20-17-9-14(1-2-16(17)13-3-7-25-8-4-13)23-15(12-27-19(23)24)11-26-18-10-21-5-6-22-18/h1-3,5-6,9-10,15H,4,7-8,11-12H2/t15-/m1/s1. The number of ether oxygens (including phenoxy) is 3. The maximum absolute atomic E-state index is 14.7. The average molecular weight is 371 g/mol. The molecule has 1 saturated heterocycles. The zero-order chi connectivity index (χ0) is 18.6. The molecule has 3 heterocycles. The van der Waals surface area contributed by atoms with Crippen LogP contribution in [0.1, 0.15) is 12.0 Å². The Labute approximate surface area is 155 Å². The highest BCUT2D eigenvalue weighted by molar-refractivity contribution is 5.90. The average Bonchev–Trinajstić information content (AvgIpc) is 3.08. The number of halogens is 1. The molecule has 0 aliphatic carbocycles. The van der Waals surface area contributed by atoms with Crippen molar-refractivity contribution in [3.63, 3.8) is 0 Å². The van der Waals surface area contributed by atoms with Crippen LogP contribution in [0.3, 0.4) is 0 Å². The summed E-state index contributed by atoms with van der Waals surface area (Å²) in [5.74, 6) is -0.0290. The van der Waals surface area contributed by atoms with E-state index in [0.29, 0.717) is 36.8 Å². The van der Waals surface area contributed by atoms with Crippen molar-refractivity contribution in [1.82, 2.24) is 9.97 Å². The van der Waals surface area contributed by atoms with Gasteiger partial charge in [-0.25, -0.2) is 14.2 Å². The Hall–Kier alpha value is -3.00. The molecule has 0 saturated carbocycles. The quantitative estimate of drug-likeness (QED) is 0.805. The Kier molecular flexibility index (Phi) is 4.97. The number of carbonyl (C=O) groups is 1. The molecule has 8 heteroatoms. The third-order valence-electron chi connectivity index (χ3n) is 4.46. The van der Waals surface area contributed by atoms with E-state index < -0.39 is 6.09 Å². The summed E-state index contributed by atoms with van der Waals surface area (Å²) in [6.07, 6.45) is 6.56. The first-order valence-electron chi connectivity index (χ1n) is 8.64. The van der Waals surface area contributed by atoms with E-state index in [1.54, 1.807) is 18.3 Å². The van der Waals surface area contributed by atoms with Crippen molar-refractivity contribution in [2.75, 3.05) is 31.3 Å². The van der Waals surface area contributed by atoms with Crippen LogP contribution in [-0.4, -0.2) is 48.5 Å². The molecule has 4 rings (SSSR count). The molecule has 2 aliphatic rings. The second kappa shape index (κ2) is 7.71. The number of hydrogen-bond donors (Lipinski definition) is 0. The van der Waals surface area contributed by atoms with Crippen molar-refractivity contribution in [2.24, 2.45) is 0 Å². The second-order valence-corrected chi connectivity index (χ2v) is 6.17. The van der Waals surface area contributed by atoms with Gasteiger partial charge in [0.1, 0.15) is 25.1 Å². The Morgan fingerprint density at radius 2 is 2.26 bits per heavy atom. The van der Waals surface area contributed by atoms with Gasteiger partial charge in [-0.15, -0.1) is 0 Å². The van der Waals surface area contributed by atoms with Gasteiger partial charge in [-0.05, 0) is 30.2 Å². The molecule has 1 fully saturated rings. The van der Waals surface area contributed by atoms with Crippen molar-refractivity contribution >= 4 is 17.4 Å². The molecule has 2 aromatic rings. The van der Waals surface area contributed by atoms with Gasteiger partial charge in [-0.2, -0.15) is 0 Å². The summed E-state index contributed by atoms with van der Waals surface area (Å²) in [5, 5.41) is 0. The SMILES string of the molecule is O=C1OC[C@@H](COc2cnccn2)N1c1ccc(C2=CCOCC2)c(F)c1. The van der Waals surface area contributed by atoms with E-state index in [2.05, 4.69) is 9.97 Å². The largest absolute Gasteiger partial charge is 0.474 e. The van der Waals surface area contributed by atoms with Crippen LogP contribution in [0.5, 0.6) is 5.88 Å². The normalized spacial score (nSPS) is 19.6. The van der Waals surface area contributed by atoms with Gasteiger partial charge < -0.3 is 14.2 Å². The van der Waals surface area contributed by atoms with Crippen LogP contribution < -0.4 is 9.64 Å².